The van der Waals surface area contributed by atoms with Crippen LogP contribution in [0.3, 0.4) is 0 Å². The van der Waals surface area contributed by atoms with E-state index < -0.39 is 28.7 Å². The van der Waals surface area contributed by atoms with Crippen molar-refractivity contribution in [1.82, 2.24) is 4.90 Å². The number of carboxylic acid groups (broad SMARTS) is 1. The number of methoxy groups -OCH3 is 1. The number of esters is 1. The fraction of sp³-hybridized carbons (Fsp3) is 0.438. The summed E-state index contributed by atoms with van der Waals surface area (Å²) in [6.45, 7) is 1.62. The summed E-state index contributed by atoms with van der Waals surface area (Å²) in [6.07, 6.45) is 0.0361. The highest BCUT2D eigenvalue weighted by Crippen LogP contribution is 2.16. The number of ether oxygens (including phenoxy) is 1. The molecule has 0 aliphatic heterocycles. The van der Waals surface area contributed by atoms with Crippen LogP contribution in [0.5, 0.6) is 0 Å². The molecule has 25 heavy (non-hydrogen) atoms. The van der Waals surface area contributed by atoms with Crippen molar-refractivity contribution >= 4 is 23.5 Å². The van der Waals surface area contributed by atoms with Crippen LogP contribution in [-0.4, -0.2) is 46.4 Å². The van der Waals surface area contributed by atoms with Gasteiger partial charge in [-0.1, -0.05) is 19.1 Å². The molecule has 0 radical (unpaired) electrons. The molecule has 1 atom stereocenters. The lowest BCUT2D eigenvalue weighted by atomic mass is 10.0. The lowest BCUT2D eigenvalue weighted by Gasteiger charge is -2.25. The van der Waals surface area contributed by atoms with E-state index in [2.05, 4.69) is 4.74 Å². The van der Waals surface area contributed by atoms with Crippen molar-refractivity contribution in [1.29, 1.82) is 0 Å². The topological polar surface area (TPSA) is 127 Å². The van der Waals surface area contributed by atoms with Gasteiger partial charge in [-0.3, -0.25) is 24.5 Å². The van der Waals surface area contributed by atoms with Crippen molar-refractivity contribution in [2.45, 2.75) is 26.3 Å². The van der Waals surface area contributed by atoms with Gasteiger partial charge in [0.15, 0.2) is 0 Å². The molecule has 0 saturated carbocycles. The third kappa shape index (κ3) is 5.87. The van der Waals surface area contributed by atoms with Crippen molar-refractivity contribution in [2.24, 2.45) is 5.92 Å². The predicted octanol–water partition coefficient (Wildman–Crippen LogP) is 1.60. The number of benzene rings is 1. The van der Waals surface area contributed by atoms with E-state index in [0.29, 0.717) is 5.56 Å². The number of nitro groups is 1. The van der Waals surface area contributed by atoms with E-state index in [4.69, 9.17) is 5.11 Å². The molecule has 0 aliphatic carbocycles. The molecule has 1 unspecified atom stereocenters. The summed E-state index contributed by atoms with van der Waals surface area (Å²) in [7, 11) is 1.22. The first-order valence-electron chi connectivity index (χ1n) is 7.61. The van der Waals surface area contributed by atoms with Gasteiger partial charge in [0.05, 0.1) is 18.5 Å². The van der Waals surface area contributed by atoms with Crippen LogP contribution in [-0.2, 0) is 25.7 Å². The molecular weight excluding hydrogens is 332 g/mol. The van der Waals surface area contributed by atoms with Gasteiger partial charge in [0.25, 0.3) is 5.69 Å². The molecule has 0 bridgehead atoms. The largest absolute Gasteiger partial charge is 0.481 e. The second-order valence-electron chi connectivity index (χ2n) is 5.31. The number of aliphatic carboxylic acids is 1. The Hall–Kier alpha value is -2.97. The van der Waals surface area contributed by atoms with E-state index in [0.717, 1.165) is 0 Å². The Kier molecular flexibility index (Phi) is 7.51. The maximum atomic E-state index is 12.5. The molecule has 1 N–H and O–H groups in total. The molecule has 0 saturated heterocycles. The van der Waals surface area contributed by atoms with Gasteiger partial charge in [0.1, 0.15) is 5.92 Å². The first-order chi connectivity index (χ1) is 11.8. The van der Waals surface area contributed by atoms with Gasteiger partial charge < -0.3 is 14.7 Å². The number of non-ortho nitro benzene ring substituents is 1. The summed E-state index contributed by atoms with van der Waals surface area (Å²) < 4.78 is 4.54. The SMILES string of the molecule is CCC(C(=O)O)C(=O)N(CCC(=O)OC)Cc1ccc([N+](=O)[O-])cc1. The maximum Gasteiger partial charge on any atom is 0.316 e. The summed E-state index contributed by atoms with van der Waals surface area (Å²) in [6, 6.07) is 5.57. The monoisotopic (exact) mass is 352 g/mol. The third-order valence-electron chi connectivity index (χ3n) is 3.65. The summed E-state index contributed by atoms with van der Waals surface area (Å²) >= 11 is 0. The van der Waals surface area contributed by atoms with E-state index in [9.17, 15) is 24.5 Å². The summed E-state index contributed by atoms with van der Waals surface area (Å²) in [4.78, 5) is 46.4. The maximum absolute atomic E-state index is 12.5. The quantitative estimate of drug-likeness (QED) is 0.309. The number of carboxylic acids is 1. The Bertz CT molecular complexity index is 642. The van der Waals surface area contributed by atoms with Gasteiger partial charge in [0.2, 0.25) is 5.91 Å². The van der Waals surface area contributed by atoms with Crippen LogP contribution >= 0.6 is 0 Å². The fourth-order valence-corrected chi connectivity index (χ4v) is 2.21. The first kappa shape index (κ1) is 20.1. The van der Waals surface area contributed by atoms with E-state index in [1.807, 2.05) is 0 Å². The summed E-state index contributed by atoms with van der Waals surface area (Å²) in [5.41, 5.74) is 0.497. The summed E-state index contributed by atoms with van der Waals surface area (Å²) in [5.74, 6) is -3.59. The Morgan fingerprint density at radius 1 is 1.28 bits per heavy atom. The number of hydrogen-bond donors (Lipinski definition) is 1. The number of carbonyl (C=O) groups excluding carboxylic acids is 2. The normalized spacial score (nSPS) is 11.4. The predicted molar refractivity (Wildman–Crippen MR) is 86.6 cm³/mol. The number of nitrogens with zero attached hydrogens (tertiary/aromatic N) is 2. The smallest absolute Gasteiger partial charge is 0.316 e. The minimum atomic E-state index is -1.24. The van der Waals surface area contributed by atoms with Crippen LogP contribution < -0.4 is 0 Å². The van der Waals surface area contributed by atoms with Crippen LogP contribution in [0.2, 0.25) is 0 Å². The zero-order chi connectivity index (χ0) is 19.0. The van der Waals surface area contributed by atoms with Crippen LogP contribution in [0.4, 0.5) is 5.69 Å². The summed E-state index contributed by atoms with van der Waals surface area (Å²) in [5, 5.41) is 19.8. The standard InChI is InChI=1S/C16H20N2O7/c1-3-13(16(21)22)15(20)17(9-8-14(19)25-2)10-11-4-6-12(7-5-11)18(23)24/h4-7,13H,3,8-10H2,1-2H3,(H,21,22). The Morgan fingerprint density at radius 2 is 1.88 bits per heavy atom. The minimum Gasteiger partial charge on any atom is -0.481 e. The zero-order valence-corrected chi connectivity index (χ0v) is 14.0. The van der Waals surface area contributed by atoms with Crippen molar-refractivity contribution in [3.63, 3.8) is 0 Å². The highest BCUT2D eigenvalue weighted by Gasteiger charge is 2.29. The average molecular weight is 352 g/mol. The molecule has 0 aliphatic rings. The van der Waals surface area contributed by atoms with E-state index in [1.165, 1.54) is 36.3 Å². The fourth-order valence-electron chi connectivity index (χ4n) is 2.21. The van der Waals surface area contributed by atoms with Crippen molar-refractivity contribution in [3.05, 3.63) is 39.9 Å². The second kappa shape index (κ2) is 9.36. The number of carbonyl (C=O) groups is 3. The minimum absolute atomic E-state index is 0.00766. The van der Waals surface area contributed by atoms with Crippen molar-refractivity contribution in [3.8, 4) is 0 Å². The molecule has 1 rings (SSSR count). The molecule has 0 aromatic heterocycles. The average Bonchev–Trinajstić information content (AvgIpc) is 2.58. The van der Waals surface area contributed by atoms with E-state index in [1.54, 1.807) is 6.92 Å². The number of rotatable bonds is 9. The van der Waals surface area contributed by atoms with Crippen molar-refractivity contribution < 1.29 is 29.2 Å². The molecule has 9 nitrogen and oxygen atoms in total. The molecule has 0 fully saturated rings. The van der Waals surface area contributed by atoms with Crippen molar-refractivity contribution in [2.75, 3.05) is 13.7 Å². The van der Waals surface area contributed by atoms with Crippen LogP contribution in [0, 0.1) is 16.0 Å². The number of nitro benzene ring substituents is 1. The molecule has 1 aromatic carbocycles. The van der Waals surface area contributed by atoms with Gasteiger partial charge >= 0.3 is 11.9 Å². The van der Waals surface area contributed by atoms with Gasteiger partial charge in [-0.05, 0) is 12.0 Å². The van der Waals surface area contributed by atoms with Gasteiger partial charge in [-0.2, -0.15) is 0 Å². The van der Waals surface area contributed by atoms with E-state index >= 15 is 0 Å². The Labute approximate surface area is 144 Å². The lowest BCUT2D eigenvalue weighted by molar-refractivity contribution is -0.384. The second-order valence-corrected chi connectivity index (χ2v) is 5.31. The van der Waals surface area contributed by atoms with Gasteiger partial charge in [-0.25, -0.2) is 0 Å². The molecule has 9 heteroatoms. The Morgan fingerprint density at radius 3 is 2.32 bits per heavy atom. The van der Waals surface area contributed by atoms with E-state index in [-0.39, 0.29) is 31.6 Å². The molecule has 1 amide bonds. The first-order valence-corrected chi connectivity index (χ1v) is 7.61. The van der Waals surface area contributed by atoms with Crippen LogP contribution in [0.25, 0.3) is 0 Å². The number of hydrogen-bond acceptors (Lipinski definition) is 6. The Balaban J connectivity index is 2.96. The third-order valence-corrected chi connectivity index (χ3v) is 3.65. The molecule has 0 spiro atoms. The number of amides is 1. The lowest BCUT2D eigenvalue weighted by Crippen LogP contribution is -2.40. The molecule has 0 heterocycles. The van der Waals surface area contributed by atoms with Crippen LogP contribution in [0.15, 0.2) is 24.3 Å². The molecule has 136 valence electrons. The van der Waals surface area contributed by atoms with Gasteiger partial charge in [0, 0.05) is 25.2 Å². The van der Waals surface area contributed by atoms with Gasteiger partial charge in [-0.15, -0.1) is 0 Å². The highest BCUT2D eigenvalue weighted by atomic mass is 16.6. The highest BCUT2D eigenvalue weighted by molar-refractivity contribution is 5.97. The zero-order valence-electron chi connectivity index (χ0n) is 14.0. The van der Waals surface area contributed by atoms with Crippen LogP contribution in [0.1, 0.15) is 25.3 Å². The molecule has 1 aromatic rings. The molecular formula is C16H20N2O7.